The fraction of sp³-hybridized carbons (Fsp3) is 0.105. The lowest BCUT2D eigenvalue weighted by Gasteiger charge is -2.08. The van der Waals surface area contributed by atoms with Crippen LogP contribution in [0.5, 0.6) is 0 Å². The summed E-state index contributed by atoms with van der Waals surface area (Å²) < 4.78 is 6.77. The van der Waals surface area contributed by atoms with E-state index in [0.717, 1.165) is 11.1 Å². The highest BCUT2D eigenvalue weighted by atomic mass is 35.5. The fourth-order valence-electron chi connectivity index (χ4n) is 2.89. The number of halogens is 1. The van der Waals surface area contributed by atoms with Gasteiger partial charge in [-0.3, -0.25) is 9.36 Å². The molecular formula is C19H13ClN2O4S. The number of hydrogen-bond donors (Lipinski definition) is 1. The lowest BCUT2D eigenvalue weighted by Crippen LogP contribution is -2.24. The molecule has 0 aliphatic carbocycles. The number of carboxylic acids is 1. The van der Waals surface area contributed by atoms with Gasteiger partial charge in [0, 0.05) is 16.0 Å². The molecule has 0 unspecified atom stereocenters. The van der Waals surface area contributed by atoms with Crippen molar-refractivity contribution in [2.24, 2.45) is 0 Å². The van der Waals surface area contributed by atoms with Gasteiger partial charge in [0.2, 0.25) is 5.76 Å². The number of fused-ring (bicyclic) bond motifs is 1. The minimum atomic E-state index is -1.15. The highest BCUT2D eigenvalue weighted by Crippen LogP contribution is 2.31. The molecule has 0 spiro atoms. The van der Waals surface area contributed by atoms with Crippen LogP contribution in [0, 0.1) is 6.92 Å². The van der Waals surface area contributed by atoms with Crippen molar-refractivity contribution in [3.63, 3.8) is 0 Å². The van der Waals surface area contributed by atoms with Crippen LogP contribution in [0.25, 0.3) is 21.3 Å². The van der Waals surface area contributed by atoms with Gasteiger partial charge in [0.1, 0.15) is 16.4 Å². The van der Waals surface area contributed by atoms with Crippen LogP contribution >= 0.6 is 22.9 Å². The fourth-order valence-corrected chi connectivity index (χ4v) is 4.00. The van der Waals surface area contributed by atoms with Gasteiger partial charge in [-0.05, 0) is 36.8 Å². The predicted octanol–water partition coefficient (Wildman–Crippen LogP) is 4.43. The van der Waals surface area contributed by atoms with Crippen LogP contribution in [0.3, 0.4) is 0 Å². The molecule has 6 nitrogen and oxygen atoms in total. The summed E-state index contributed by atoms with van der Waals surface area (Å²) in [6, 6.07) is 10.2. The Kier molecular flexibility index (Phi) is 4.33. The molecule has 27 heavy (non-hydrogen) atoms. The molecule has 0 bridgehead atoms. The van der Waals surface area contributed by atoms with Gasteiger partial charge < -0.3 is 9.52 Å². The van der Waals surface area contributed by atoms with Gasteiger partial charge in [-0.1, -0.05) is 23.7 Å². The minimum Gasteiger partial charge on any atom is -0.475 e. The highest BCUT2D eigenvalue weighted by molar-refractivity contribution is 7.17. The zero-order valence-corrected chi connectivity index (χ0v) is 15.7. The van der Waals surface area contributed by atoms with E-state index in [-0.39, 0.29) is 17.9 Å². The Morgan fingerprint density at radius 2 is 2.00 bits per heavy atom. The number of hydrogen-bond acceptors (Lipinski definition) is 5. The Hall–Kier alpha value is -2.90. The molecule has 0 aliphatic heterocycles. The van der Waals surface area contributed by atoms with E-state index in [9.17, 15) is 9.59 Å². The summed E-state index contributed by atoms with van der Waals surface area (Å²) in [7, 11) is 0. The summed E-state index contributed by atoms with van der Waals surface area (Å²) in [4.78, 5) is 29.3. The topological polar surface area (TPSA) is 85.3 Å². The SMILES string of the molecule is Cc1nc2scc(-c3ccc(Cl)cc3)c2c(=O)n1Cc1ccc(C(=O)O)o1. The van der Waals surface area contributed by atoms with Gasteiger partial charge in [0.15, 0.2) is 0 Å². The molecule has 136 valence electrons. The van der Waals surface area contributed by atoms with E-state index in [1.807, 2.05) is 17.5 Å². The lowest BCUT2D eigenvalue weighted by atomic mass is 10.1. The van der Waals surface area contributed by atoms with Crippen LogP contribution in [-0.2, 0) is 6.54 Å². The maximum absolute atomic E-state index is 13.2. The van der Waals surface area contributed by atoms with Gasteiger partial charge >= 0.3 is 5.97 Å². The number of benzene rings is 1. The smallest absolute Gasteiger partial charge is 0.371 e. The van der Waals surface area contributed by atoms with E-state index in [2.05, 4.69) is 4.98 Å². The summed E-state index contributed by atoms with van der Waals surface area (Å²) in [5.74, 6) is -0.406. The van der Waals surface area contributed by atoms with Crippen molar-refractivity contribution >= 4 is 39.1 Å². The Bertz CT molecular complexity index is 1220. The normalized spacial score (nSPS) is 11.2. The van der Waals surface area contributed by atoms with E-state index in [4.69, 9.17) is 21.1 Å². The summed E-state index contributed by atoms with van der Waals surface area (Å²) in [6.07, 6.45) is 0. The second-order valence-corrected chi connectivity index (χ2v) is 7.25. The average molecular weight is 401 g/mol. The van der Waals surface area contributed by atoms with E-state index in [1.165, 1.54) is 22.0 Å². The highest BCUT2D eigenvalue weighted by Gasteiger charge is 2.17. The maximum atomic E-state index is 13.2. The zero-order valence-electron chi connectivity index (χ0n) is 14.1. The van der Waals surface area contributed by atoms with Crippen LogP contribution < -0.4 is 5.56 Å². The van der Waals surface area contributed by atoms with Crippen molar-refractivity contribution in [3.05, 3.63) is 74.5 Å². The Balaban J connectivity index is 1.83. The molecule has 1 aromatic carbocycles. The monoisotopic (exact) mass is 400 g/mol. The summed E-state index contributed by atoms with van der Waals surface area (Å²) in [6.45, 7) is 1.85. The van der Waals surface area contributed by atoms with Crippen LogP contribution in [0.4, 0.5) is 0 Å². The Morgan fingerprint density at radius 1 is 1.26 bits per heavy atom. The van der Waals surface area contributed by atoms with Gasteiger partial charge in [0.05, 0.1) is 11.9 Å². The van der Waals surface area contributed by atoms with Crippen molar-refractivity contribution in [1.82, 2.24) is 9.55 Å². The van der Waals surface area contributed by atoms with Gasteiger partial charge in [-0.15, -0.1) is 11.3 Å². The number of nitrogens with zero attached hydrogens (tertiary/aromatic N) is 2. The number of carboxylic acid groups (broad SMARTS) is 1. The Labute approximate surface area is 162 Å². The molecule has 0 atom stereocenters. The van der Waals surface area contributed by atoms with Gasteiger partial charge in [0.25, 0.3) is 5.56 Å². The number of carbonyl (C=O) groups is 1. The summed E-state index contributed by atoms with van der Waals surface area (Å²) in [5.41, 5.74) is 1.48. The third-order valence-electron chi connectivity index (χ3n) is 4.23. The first-order valence-corrected chi connectivity index (χ1v) is 9.26. The van der Waals surface area contributed by atoms with Gasteiger partial charge in [-0.2, -0.15) is 0 Å². The molecule has 3 heterocycles. The standard InChI is InChI=1S/C19H13ClN2O4S/c1-10-21-17-16(14(9-27-17)11-2-4-12(20)5-3-11)18(23)22(10)8-13-6-7-15(26-13)19(24)25/h2-7,9H,8H2,1H3,(H,24,25). The van der Waals surface area contributed by atoms with Crippen molar-refractivity contribution in [2.75, 3.05) is 0 Å². The van der Waals surface area contributed by atoms with Crippen molar-refractivity contribution in [1.29, 1.82) is 0 Å². The third kappa shape index (κ3) is 3.15. The third-order valence-corrected chi connectivity index (χ3v) is 5.35. The van der Waals surface area contributed by atoms with Crippen LogP contribution in [0.2, 0.25) is 5.02 Å². The number of thiophene rings is 1. The molecule has 0 radical (unpaired) electrons. The number of aromatic carboxylic acids is 1. The van der Waals surface area contributed by atoms with E-state index in [0.29, 0.717) is 26.8 Å². The molecule has 0 saturated carbocycles. The van der Waals surface area contributed by atoms with Gasteiger partial charge in [-0.25, -0.2) is 9.78 Å². The molecule has 0 fully saturated rings. The number of aromatic nitrogens is 2. The first-order valence-electron chi connectivity index (χ1n) is 8.00. The van der Waals surface area contributed by atoms with Crippen LogP contribution in [-0.4, -0.2) is 20.6 Å². The van der Waals surface area contributed by atoms with E-state index < -0.39 is 5.97 Å². The first-order chi connectivity index (χ1) is 12.9. The van der Waals surface area contributed by atoms with Crippen LogP contribution in [0.15, 0.2) is 51.0 Å². The molecule has 0 saturated heterocycles. The molecule has 0 amide bonds. The molecule has 8 heteroatoms. The molecule has 4 rings (SSSR count). The summed E-state index contributed by atoms with van der Waals surface area (Å²) in [5, 5.41) is 12.0. The van der Waals surface area contributed by atoms with E-state index >= 15 is 0 Å². The van der Waals surface area contributed by atoms with Crippen LogP contribution in [0.1, 0.15) is 22.1 Å². The zero-order chi connectivity index (χ0) is 19.1. The molecule has 3 aromatic heterocycles. The Morgan fingerprint density at radius 3 is 2.67 bits per heavy atom. The lowest BCUT2D eigenvalue weighted by molar-refractivity contribution is 0.0660. The first kappa shape index (κ1) is 17.5. The molecule has 1 N–H and O–H groups in total. The number of rotatable bonds is 4. The average Bonchev–Trinajstić information content (AvgIpc) is 3.26. The second-order valence-electron chi connectivity index (χ2n) is 5.96. The van der Waals surface area contributed by atoms with E-state index in [1.54, 1.807) is 25.1 Å². The maximum Gasteiger partial charge on any atom is 0.371 e. The number of aryl methyl sites for hydroxylation is 1. The quantitative estimate of drug-likeness (QED) is 0.547. The van der Waals surface area contributed by atoms with Crippen molar-refractivity contribution in [2.45, 2.75) is 13.5 Å². The predicted molar refractivity (Wildman–Crippen MR) is 104 cm³/mol. The second kappa shape index (κ2) is 6.68. The molecule has 4 aromatic rings. The molecular weight excluding hydrogens is 388 g/mol. The molecule has 0 aliphatic rings. The summed E-state index contributed by atoms with van der Waals surface area (Å²) >= 11 is 7.36. The van der Waals surface area contributed by atoms with Crippen molar-refractivity contribution < 1.29 is 14.3 Å². The number of furan rings is 1. The van der Waals surface area contributed by atoms with Crippen molar-refractivity contribution in [3.8, 4) is 11.1 Å². The minimum absolute atomic E-state index is 0.108. The largest absolute Gasteiger partial charge is 0.475 e.